The summed E-state index contributed by atoms with van der Waals surface area (Å²) in [5, 5.41) is 7.72. The van der Waals surface area contributed by atoms with E-state index in [-0.39, 0.29) is 25.9 Å². The predicted octanol–water partition coefficient (Wildman–Crippen LogP) is 3.14. The molecule has 5 unspecified atom stereocenters. The Hall–Kier alpha value is -3.85. The van der Waals surface area contributed by atoms with Crippen molar-refractivity contribution in [1.29, 1.82) is 0 Å². The summed E-state index contributed by atoms with van der Waals surface area (Å²) in [4.78, 5) is 68.4. The van der Waals surface area contributed by atoms with E-state index < -0.39 is 85.8 Å². The van der Waals surface area contributed by atoms with Gasteiger partial charge in [0.2, 0.25) is 21.8 Å². The number of sulfonamides is 1. The van der Waals surface area contributed by atoms with Crippen LogP contribution < -0.4 is 20.7 Å². The molecule has 1 aliphatic heterocycles. The van der Waals surface area contributed by atoms with Gasteiger partial charge in [-0.2, -0.15) is 0 Å². The molecule has 3 fully saturated rings. The number of nitrogens with one attached hydrogen (secondary N) is 4. The van der Waals surface area contributed by atoms with Gasteiger partial charge in [0.1, 0.15) is 29.3 Å². The van der Waals surface area contributed by atoms with Gasteiger partial charge in [-0.1, -0.05) is 56.6 Å². The molecule has 270 valence electrons. The number of carbonyl (C=O) groups is 5. The third-order valence-electron chi connectivity index (χ3n) is 8.53. The number of nitrogens with zero attached hydrogens (tertiary/aromatic N) is 1. The lowest BCUT2D eigenvalue weighted by molar-refractivity contribution is -0.143. The van der Waals surface area contributed by atoms with Crippen LogP contribution in [-0.4, -0.2) is 84.3 Å². The van der Waals surface area contributed by atoms with Crippen molar-refractivity contribution in [3.05, 3.63) is 47.5 Å². The number of halogens is 1. The Kier molecular flexibility index (Phi) is 11.0. The Labute approximate surface area is 292 Å². The summed E-state index contributed by atoms with van der Waals surface area (Å²) < 4.78 is 38.3. The second kappa shape index (κ2) is 14.2. The van der Waals surface area contributed by atoms with Crippen LogP contribution in [0.25, 0.3) is 0 Å². The molecule has 1 aromatic carbocycles. The minimum atomic E-state index is -3.92. The maximum Gasteiger partial charge on any atom is 0.408 e. The maximum absolute atomic E-state index is 14.2. The molecular formula is C33H46ClN5O9S. The number of rotatable bonds is 11. The second-order valence-electron chi connectivity index (χ2n) is 14.8. The van der Waals surface area contributed by atoms with Gasteiger partial charge < -0.3 is 30.3 Å². The highest BCUT2D eigenvalue weighted by molar-refractivity contribution is 7.91. The van der Waals surface area contributed by atoms with Crippen molar-refractivity contribution >= 4 is 51.5 Å². The van der Waals surface area contributed by atoms with Crippen molar-refractivity contribution in [2.75, 3.05) is 6.54 Å². The number of amides is 5. The molecule has 2 aliphatic carbocycles. The van der Waals surface area contributed by atoms with E-state index in [0.29, 0.717) is 23.4 Å². The normalized spacial score (nSPS) is 24.2. The van der Waals surface area contributed by atoms with E-state index in [1.807, 2.05) is 0 Å². The number of alkyl carbamates (subject to hydrolysis) is 2. The highest BCUT2D eigenvalue weighted by atomic mass is 35.5. The van der Waals surface area contributed by atoms with Crippen molar-refractivity contribution in [2.45, 2.75) is 108 Å². The van der Waals surface area contributed by atoms with E-state index >= 15 is 0 Å². The number of benzene rings is 1. The lowest BCUT2D eigenvalue weighted by Gasteiger charge is -2.36. The van der Waals surface area contributed by atoms with Gasteiger partial charge >= 0.3 is 12.2 Å². The van der Waals surface area contributed by atoms with E-state index in [2.05, 4.69) is 27.3 Å². The number of carbonyl (C=O) groups excluding carboxylic acids is 5. The summed E-state index contributed by atoms with van der Waals surface area (Å²) in [6, 6.07) is 4.50. The highest BCUT2D eigenvalue weighted by Crippen LogP contribution is 2.45. The molecule has 0 bridgehead atoms. The molecule has 4 N–H and O–H groups in total. The Morgan fingerprint density at radius 1 is 1.08 bits per heavy atom. The van der Waals surface area contributed by atoms with Crippen LogP contribution in [0.1, 0.15) is 72.8 Å². The van der Waals surface area contributed by atoms with Crippen LogP contribution in [0, 0.1) is 11.3 Å². The molecule has 0 aromatic heterocycles. The first-order chi connectivity index (χ1) is 22.7. The van der Waals surface area contributed by atoms with Crippen molar-refractivity contribution in [3.63, 3.8) is 0 Å². The highest BCUT2D eigenvalue weighted by Gasteiger charge is 2.62. The molecule has 0 spiro atoms. The molecule has 16 heteroatoms. The zero-order valence-electron chi connectivity index (χ0n) is 28.6. The van der Waals surface area contributed by atoms with E-state index in [4.69, 9.17) is 21.1 Å². The van der Waals surface area contributed by atoms with Gasteiger partial charge in [0, 0.05) is 23.9 Å². The molecule has 14 nitrogen and oxygen atoms in total. The molecule has 1 saturated heterocycles. The molecule has 4 rings (SSSR count). The number of hydrogen-bond acceptors (Lipinski definition) is 9. The minimum Gasteiger partial charge on any atom is -0.444 e. The van der Waals surface area contributed by atoms with Gasteiger partial charge in [0.25, 0.3) is 5.91 Å². The number of ether oxygens (including phenoxy) is 2. The second-order valence-corrected chi connectivity index (χ2v) is 17.2. The lowest BCUT2D eigenvalue weighted by atomic mass is 9.85. The fraction of sp³-hybridized carbons (Fsp3) is 0.606. The third-order valence-corrected chi connectivity index (χ3v) is 10.7. The monoisotopic (exact) mass is 723 g/mol. The van der Waals surface area contributed by atoms with E-state index in [1.54, 1.807) is 65.8 Å². The zero-order valence-corrected chi connectivity index (χ0v) is 30.2. The van der Waals surface area contributed by atoms with Crippen molar-refractivity contribution in [1.82, 2.24) is 25.6 Å². The van der Waals surface area contributed by atoms with Gasteiger partial charge in [-0.25, -0.2) is 18.0 Å². The average Bonchev–Trinajstić information content (AvgIpc) is 3.90. The van der Waals surface area contributed by atoms with Crippen LogP contribution in [0.3, 0.4) is 0 Å². The molecule has 1 heterocycles. The topological polar surface area (TPSA) is 189 Å². The first kappa shape index (κ1) is 38.0. The largest absolute Gasteiger partial charge is 0.444 e. The Balaban J connectivity index is 1.56. The first-order valence-electron chi connectivity index (χ1n) is 16.2. The Morgan fingerprint density at radius 2 is 1.73 bits per heavy atom. The maximum atomic E-state index is 14.2. The lowest BCUT2D eigenvalue weighted by Crippen LogP contribution is -2.60. The number of hydrogen-bond donors (Lipinski definition) is 4. The Morgan fingerprint density at radius 3 is 2.29 bits per heavy atom. The summed E-state index contributed by atoms with van der Waals surface area (Å²) >= 11 is 6.19. The van der Waals surface area contributed by atoms with Gasteiger partial charge in [-0.05, 0) is 57.1 Å². The third kappa shape index (κ3) is 9.44. The molecule has 2 saturated carbocycles. The van der Waals surface area contributed by atoms with Crippen LogP contribution in [0.4, 0.5) is 9.59 Å². The fourth-order valence-corrected chi connectivity index (χ4v) is 7.20. The van der Waals surface area contributed by atoms with Gasteiger partial charge in [-0.15, -0.1) is 6.58 Å². The van der Waals surface area contributed by atoms with E-state index in [9.17, 15) is 32.4 Å². The van der Waals surface area contributed by atoms with E-state index in [1.165, 1.54) is 11.0 Å². The number of likely N-dealkylation sites (tertiary alicyclic amines) is 1. The SMILES string of the molecule is C=CC1CC1(NC(=O)C1CC(OC(=O)NCc2ccccc2Cl)CN1C(=O)C(NC(=O)OC(C)(C)C)C(C)(C)C)C(=O)NS(=O)(=O)C1CC1. The summed E-state index contributed by atoms with van der Waals surface area (Å²) in [7, 11) is -3.92. The first-order valence-corrected chi connectivity index (χ1v) is 18.1. The average molecular weight is 724 g/mol. The smallest absolute Gasteiger partial charge is 0.408 e. The summed E-state index contributed by atoms with van der Waals surface area (Å²) in [5.74, 6) is -2.86. The molecule has 1 aromatic rings. The van der Waals surface area contributed by atoms with Crippen LogP contribution in [0.2, 0.25) is 5.02 Å². The molecule has 5 atom stereocenters. The van der Waals surface area contributed by atoms with Crippen molar-refractivity contribution in [3.8, 4) is 0 Å². The fourth-order valence-electron chi connectivity index (χ4n) is 5.64. The summed E-state index contributed by atoms with van der Waals surface area (Å²) in [6.45, 7) is 13.8. The van der Waals surface area contributed by atoms with Crippen LogP contribution >= 0.6 is 11.6 Å². The Bertz CT molecular complexity index is 1600. The van der Waals surface area contributed by atoms with Crippen molar-refractivity contribution < 1.29 is 41.9 Å². The van der Waals surface area contributed by atoms with Crippen LogP contribution in [0.15, 0.2) is 36.9 Å². The molecular weight excluding hydrogens is 678 g/mol. The summed E-state index contributed by atoms with van der Waals surface area (Å²) in [6.07, 6.45) is -0.322. The molecule has 3 aliphatic rings. The predicted molar refractivity (Wildman–Crippen MR) is 181 cm³/mol. The zero-order chi connectivity index (χ0) is 36.5. The molecule has 49 heavy (non-hydrogen) atoms. The van der Waals surface area contributed by atoms with Crippen molar-refractivity contribution in [2.24, 2.45) is 11.3 Å². The summed E-state index contributed by atoms with van der Waals surface area (Å²) in [5.41, 5.74) is -2.66. The quantitative estimate of drug-likeness (QED) is 0.249. The van der Waals surface area contributed by atoms with Gasteiger partial charge in [0.15, 0.2) is 0 Å². The van der Waals surface area contributed by atoms with E-state index in [0.717, 1.165) is 0 Å². The standard InChI is InChI=1S/C33H46ClN5O9S/c1-8-20-16-33(20,28(42)38-49(45,46)22-13-14-22)37-26(40)24-15-21(47-29(43)35-17-19-11-9-10-12-23(19)34)18-39(24)27(41)25(31(2,3)4)36-30(44)48-32(5,6)7/h8-12,20-22,24-25H,1,13-18H2,2-7H3,(H,35,43)(H,36,44)(H,37,40)(H,38,42). The van der Waals surface area contributed by atoms with Crippen LogP contribution in [0.5, 0.6) is 0 Å². The van der Waals surface area contributed by atoms with Gasteiger partial charge in [-0.3, -0.25) is 19.1 Å². The molecule has 5 amide bonds. The van der Waals surface area contributed by atoms with Gasteiger partial charge in [0.05, 0.1) is 11.8 Å². The van der Waals surface area contributed by atoms with Crippen LogP contribution in [-0.2, 0) is 40.4 Å². The molecule has 0 radical (unpaired) electrons. The minimum absolute atomic E-state index is 0.0635.